The molecule has 1 aromatic heterocycles. The molecule has 1 aromatic rings. The molecule has 2 fully saturated rings. The fourth-order valence-corrected chi connectivity index (χ4v) is 4.11. The molecule has 0 saturated carbocycles. The normalized spacial score (nSPS) is 31.2. The van der Waals surface area contributed by atoms with Crippen LogP contribution in [0.5, 0.6) is 0 Å². The summed E-state index contributed by atoms with van der Waals surface area (Å²) in [4.78, 5) is 8.80. The van der Waals surface area contributed by atoms with E-state index in [9.17, 15) is 5.11 Å². The van der Waals surface area contributed by atoms with E-state index in [0.29, 0.717) is 6.04 Å². The van der Waals surface area contributed by atoms with Gasteiger partial charge >= 0.3 is 0 Å². The highest BCUT2D eigenvalue weighted by atomic mass is 16.5. The van der Waals surface area contributed by atoms with Crippen LogP contribution in [-0.4, -0.2) is 86.7 Å². The maximum Gasteiger partial charge on any atom is 0.137 e. The largest absolute Gasteiger partial charge is 0.390 e. The molecule has 0 spiro atoms. The van der Waals surface area contributed by atoms with E-state index in [1.807, 2.05) is 4.68 Å². The summed E-state index contributed by atoms with van der Waals surface area (Å²) in [7, 11) is 0. The fourth-order valence-electron chi connectivity index (χ4n) is 4.11. The molecule has 0 amide bonds. The minimum Gasteiger partial charge on any atom is -0.390 e. The van der Waals surface area contributed by atoms with Gasteiger partial charge in [-0.05, 0) is 33.2 Å². The molecule has 4 atom stereocenters. The molecule has 1 N–H and O–H groups in total. The molecule has 0 bridgehead atoms. The lowest BCUT2D eigenvalue weighted by Crippen LogP contribution is -2.51. The first-order valence-electron chi connectivity index (χ1n) is 9.22. The van der Waals surface area contributed by atoms with Crippen molar-refractivity contribution in [2.24, 2.45) is 0 Å². The van der Waals surface area contributed by atoms with Crippen molar-refractivity contribution in [3.05, 3.63) is 12.7 Å². The van der Waals surface area contributed by atoms with Crippen LogP contribution in [0.4, 0.5) is 0 Å². The van der Waals surface area contributed by atoms with Gasteiger partial charge in [0, 0.05) is 32.2 Å². The van der Waals surface area contributed by atoms with Gasteiger partial charge in [0.2, 0.25) is 0 Å². The molecule has 2 aliphatic rings. The highest BCUT2D eigenvalue weighted by Crippen LogP contribution is 2.19. The van der Waals surface area contributed by atoms with E-state index in [1.54, 1.807) is 12.7 Å². The Bertz CT molecular complexity index is 473. The summed E-state index contributed by atoms with van der Waals surface area (Å²) in [5, 5.41) is 14.8. The molecule has 0 aliphatic carbocycles. The van der Waals surface area contributed by atoms with Gasteiger partial charge in [-0.15, -0.1) is 0 Å². The van der Waals surface area contributed by atoms with E-state index >= 15 is 0 Å². The predicted molar refractivity (Wildman–Crippen MR) is 91.7 cm³/mol. The number of hydrogen-bond donors (Lipinski definition) is 1. The molecule has 7 nitrogen and oxygen atoms in total. The van der Waals surface area contributed by atoms with Gasteiger partial charge in [0.1, 0.15) is 12.7 Å². The smallest absolute Gasteiger partial charge is 0.137 e. The Labute approximate surface area is 144 Å². The summed E-state index contributed by atoms with van der Waals surface area (Å²) in [6.45, 7) is 9.41. The third-order valence-corrected chi connectivity index (χ3v) is 5.02. The number of hydrogen-bond acceptors (Lipinski definition) is 6. The van der Waals surface area contributed by atoms with Gasteiger partial charge in [-0.2, -0.15) is 5.10 Å². The summed E-state index contributed by atoms with van der Waals surface area (Å²) < 4.78 is 7.68. The van der Waals surface area contributed by atoms with Crippen LogP contribution < -0.4 is 0 Å². The Hall–Kier alpha value is -1.02. The topological polar surface area (TPSA) is 66.7 Å². The van der Waals surface area contributed by atoms with Crippen molar-refractivity contribution < 1.29 is 9.84 Å². The Morgan fingerprint density at radius 3 is 2.71 bits per heavy atom. The molecular weight excluding hydrogens is 306 g/mol. The number of ether oxygens (including phenoxy) is 1. The lowest BCUT2D eigenvalue weighted by atomic mass is 10.0. The molecule has 0 aromatic carbocycles. The van der Waals surface area contributed by atoms with Gasteiger partial charge in [0.25, 0.3) is 0 Å². The average molecular weight is 337 g/mol. The van der Waals surface area contributed by atoms with Crippen LogP contribution in [0.15, 0.2) is 12.7 Å². The zero-order chi connectivity index (χ0) is 16.9. The number of aromatic nitrogens is 3. The summed E-state index contributed by atoms with van der Waals surface area (Å²) in [6, 6.07) is 0.442. The van der Waals surface area contributed by atoms with Crippen molar-refractivity contribution in [1.82, 2.24) is 24.6 Å². The lowest BCUT2D eigenvalue weighted by molar-refractivity contribution is -0.0792. The molecule has 3 heterocycles. The summed E-state index contributed by atoms with van der Waals surface area (Å²) >= 11 is 0. The van der Waals surface area contributed by atoms with E-state index in [-0.39, 0.29) is 18.3 Å². The number of aliphatic hydroxyl groups excluding tert-OH is 1. The first-order chi connectivity index (χ1) is 11.6. The zero-order valence-electron chi connectivity index (χ0n) is 14.9. The van der Waals surface area contributed by atoms with Crippen LogP contribution in [-0.2, 0) is 11.3 Å². The lowest BCUT2D eigenvalue weighted by Gasteiger charge is -2.39. The quantitative estimate of drug-likeness (QED) is 0.820. The molecular formula is C17H31N5O2. The van der Waals surface area contributed by atoms with Crippen molar-refractivity contribution in [3.63, 3.8) is 0 Å². The van der Waals surface area contributed by atoms with Crippen LogP contribution in [0, 0.1) is 0 Å². The van der Waals surface area contributed by atoms with Crippen molar-refractivity contribution in [1.29, 1.82) is 0 Å². The minimum atomic E-state index is -0.321. The summed E-state index contributed by atoms with van der Waals surface area (Å²) in [5.41, 5.74) is 0. The molecule has 2 aliphatic heterocycles. The first kappa shape index (κ1) is 17.8. The summed E-state index contributed by atoms with van der Waals surface area (Å²) in [5.74, 6) is 0. The van der Waals surface area contributed by atoms with E-state index in [1.165, 1.54) is 12.8 Å². The number of likely N-dealkylation sites (tertiary alicyclic amines) is 1. The van der Waals surface area contributed by atoms with Gasteiger partial charge in [-0.25, -0.2) is 4.98 Å². The van der Waals surface area contributed by atoms with Crippen molar-refractivity contribution in [2.45, 2.75) is 64.0 Å². The molecule has 3 rings (SSSR count). The van der Waals surface area contributed by atoms with Gasteiger partial charge in [-0.3, -0.25) is 14.5 Å². The van der Waals surface area contributed by atoms with Gasteiger partial charge in [0.05, 0.1) is 24.9 Å². The first-order valence-corrected chi connectivity index (χ1v) is 9.22. The van der Waals surface area contributed by atoms with Crippen molar-refractivity contribution >= 4 is 0 Å². The second-order valence-electron chi connectivity index (χ2n) is 7.39. The predicted octanol–water partition coefficient (Wildman–Crippen LogP) is 0.603. The Balaban J connectivity index is 1.50. The molecule has 7 heteroatoms. The monoisotopic (exact) mass is 337 g/mol. The standard InChI is InChI=1S/C17H31N5O2/c1-14-7-20(8-15(2)24-14)10-17(23)11-21-6-4-3-5-16(21)9-22-13-18-12-19-22/h12-17,23H,3-11H2,1-2H3. The minimum absolute atomic E-state index is 0.246. The SMILES string of the molecule is CC1CN(CC(O)CN2CCCCC2Cn2cncn2)CC(C)O1. The number of nitrogens with zero attached hydrogens (tertiary/aromatic N) is 5. The molecule has 24 heavy (non-hydrogen) atoms. The van der Waals surface area contributed by atoms with Crippen molar-refractivity contribution in [3.8, 4) is 0 Å². The number of rotatable bonds is 6. The number of aliphatic hydroxyl groups is 1. The Morgan fingerprint density at radius 2 is 2.00 bits per heavy atom. The third-order valence-electron chi connectivity index (χ3n) is 5.02. The second kappa shape index (κ2) is 8.38. The van der Waals surface area contributed by atoms with E-state index in [4.69, 9.17) is 4.74 Å². The van der Waals surface area contributed by atoms with Crippen LogP contribution in [0.2, 0.25) is 0 Å². The van der Waals surface area contributed by atoms with Crippen LogP contribution in [0.1, 0.15) is 33.1 Å². The molecule has 0 radical (unpaired) electrons. The molecule has 4 unspecified atom stereocenters. The molecule has 136 valence electrons. The highest BCUT2D eigenvalue weighted by Gasteiger charge is 2.28. The van der Waals surface area contributed by atoms with E-state index in [2.05, 4.69) is 33.7 Å². The number of β-amino-alcohol motifs (C(OH)–C–C–N with tert-alkyl or cyclic N) is 1. The fraction of sp³-hybridized carbons (Fsp3) is 0.882. The van der Waals surface area contributed by atoms with E-state index < -0.39 is 0 Å². The van der Waals surface area contributed by atoms with Crippen LogP contribution >= 0.6 is 0 Å². The van der Waals surface area contributed by atoms with Gasteiger partial charge in [0.15, 0.2) is 0 Å². The van der Waals surface area contributed by atoms with E-state index in [0.717, 1.165) is 45.7 Å². The highest BCUT2D eigenvalue weighted by molar-refractivity contribution is 4.82. The number of morpholine rings is 1. The maximum absolute atomic E-state index is 10.6. The summed E-state index contributed by atoms with van der Waals surface area (Å²) in [6.07, 6.45) is 7.17. The van der Waals surface area contributed by atoms with Gasteiger partial charge in [-0.1, -0.05) is 6.42 Å². The Morgan fingerprint density at radius 1 is 1.21 bits per heavy atom. The number of piperidine rings is 1. The Kier molecular flexibility index (Phi) is 6.21. The average Bonchev–Trinajstić information content (AvgIpc) is 3.01. The second-order valence-corrected chi connectivity index (χ2v) is 7.39. The maximum atomic E-state index is 10.6. The van der Waals surface area contributed by atoms with Crippen molar-refractivity contribution in [2.75, 3.05) is 32.7 Å². The molecule has 2 saturated heterocycles. The van der Waals surface area contributed by atoms with Gasteiger partial charge < -0.3 is 9.84 Å². The van der Waals surface area contributed by atoms with Crippen LogP contribution in [0.3, 0.4) is 0 Å². The zero-order valence-corrected chi connectivity index (χ0v) is 14.9. The third kappa shape index (κ3) is 4.99. The van der Waals surface area contributed by atoms with Crippen LogP contribution in [0.25, 0.3) is 0 Å².